The molecular formula is C18H17F2NO3S. The fourth-order valence-electron chi connectivity index (χ4n) is 3.23. The third-order valence-corrected chi connectivity index (χ3v) is 6.45. The molecule has 2 aromatic rings. The summed E-state index contributed by atoms with van der Waals surface area (Å²) in [6.07, 6.45) is -1.09. The zero-order chi connectivity index (χ0) is 17.7. The molecule has 0 unspecified atom stereocenters. The Morgan fingerprint density at radius 3 is 2.52 bits per heavy atom. The maximum atomic E-state index is 12.9. The number of fused-ring (bicyclic) bond motifs is 1. The highest BCUT2D eigenvalue weighted by Crippen LogP contribution is 2.41. The molecule has 0 saturated heterocycles. The molecule has 1 saturated carbocycles. The molecule has 1 aliphatic carbocycles. The van der Waals surface area contributed by atoms with Crippen LogP contribution in [0.25, 0.3) is 0 Å². The Balaban J connectivity index is 1.52. The van der Waals surface area contributed by atoms with Crippen molar-refractivity contribution in [1.29, 1.82) is 0 Å². The molecule has 1 aliphatic heterocycles. The highest BCUT2D eigenvalue weighted by Gasteiger charge is 2.47. The van der Waals surface area contributed by atoms with Gasteiger partial charge in [0.2, 0.25) is 10.0 Å². The first-order chi connectivity index (χ1) is 11.8. The second-order valence-corrected chi connectivity index (χ2v) is 8.44. The summed E-state index contributed by atoms with van der Waals surface area (Å²) in [5.41, 5.74) is 1.55. The molecule has 4 nitrogen and oxygen atoms in total. The van der Waals surface area contributed by atoms with Crippen LogP contribution in [0.1, 0.15) is 24.0 Å². The van der Waals surface area contributed by atoms with Crippen molar-refractivity contribution in [3.63, 3.8) is 0 Å². The minimum atomic E-state index is -3.54. The first-order valence-electron chi connectivity index (χ1n) is 8.05. The number of rotatable bonds is 4. The lowest BCUT2D eigenvalue weighted by molar-refractivity contribution is -0.134. The molecule has 4 rings (SSSR count). The maximum Gasteiger partial charge on any atom is 0.255 e. The van der Waals surface area contributed by atoms with Crippen molar-refractivity contribution in [2.45, 2.75) is 42.9 Å². The van der Waals surface area contributed by atoms with Gasteiger partial charge < -0.3 is 4.74 Å². The highest BCUT2D eigenvalue weighted by molar-refractivity contribution is 7.89. The first-order valence-corrected chi connectivity index (χ1v) is 9.49. The van der Waals surface area contributed by atoms with Gasteiger partial charge in [0.15, 0.2) is 0 Å². The molecule has 7 heteroatoms. The lowest BCUT2D eigenvalue weighted by atomic mass is 9.91. The number of hydrogen-bond donors (Lipinski definition) is 0. The number of alkyl halides is 2. The van der Waals surface area contributed by atoms with E-state index in [1.807, 2.05) is 30.3 Å². The van der Waals surface area contributed by atoms with Crippen molar-refractivity contribution in [2.75, 3.05) is 0 Å². The van der Waals surface area contributed by atoms with Crippen molar-refractivity contribution in [2.24, 2.45) is 0 Å². The van der Waals surface area contributed by atoms with E-state index in [-0.39, 0.29) is 24.3 Å². The number of ether oxygens (including phenoxy) is 1. The molecule has 0 bridgehead atoms. The second kappa shape index (κ2) is 5.78. The standard InChI is InChI=1S/C18H17F2NO3S/c19-18(20)9-16(10-18)24-15-6-7-17-14(8-15)12-21(25(17,22)23)11-13-4-2-1-3-5-13/h1-8,16H,9-12H2. The summed E-state index contributed by atoms with van der Waals surface area (Å²) in [5, 5.41) is 0. The molecule has 0 atom stereocenters. The van der Waals surface area contributed by atoms with Crippen LogP contribution in [-0.2, 0) is 23.1 Å². The molecule has 0 aromatic heterocycles. The Morgan fingerprint density at radius 1 is 1.12 bits per heavy atom. The number of hydrogen-bond acceptors (Lipinski definition) is 3. The molecular weight excluding hydrogens is 348 g/mol. The van der Waals surface area contributed by atoms with Crippen LogP contribution in [0, 0.1) is 0 Å². The predicted molar refractivity (Wildman–Crippen MR) is 87.9 cm³/mol. The van der Waals surface area contributed by atoms with Gasteiger partial charge in [0.05, 0.1) is 4.90 Å². The molecule has 1 fully saturated rings. The Morgan fingerprint density at radius 2 is 1.84 bits per heavy atom. The molecule has 132 valence electrons. The van der Waals surface area contributed by atoms with Gasteiger partial charge in [-0.3, -0.25) is 0 Å². The minimum absolute atomic E-state index is 0.255. The summed E-state index contributed by atoms with van der Waals surface area (Å²) in [5.74, 6) is -2.20. The zero-order valence-electron chi connectivity index (χ0n) is 13.4. The molecule has 2 aromatic carbocycles. The average molecular weight is 365 g/mol. The molecule has 2 aliphatic rings. The van der Waals surface area contributed by atoms with Crippen molar-refractivity contribution in [3.05, 3.63) is 59.7 Å². The van der Waals surface area contributed by atoms with E-state index in [1.54, 1.807) is 12.1 Å². The Hall–Kier alpha value is -1.99. The van der Waals surface area contributed by atoms with Gasteiger partial charge in [0, 0.05) is 25.9 Å². The molecule has 0 spiro atoms. The number of sulfonamides is 1. The summed E-state index contributed by atoms with van der Waals surface area (Å²) in [6, 6.07) is 14.1. The minimum Gasteiger partial charge on any atom is -0.490 e. The van der Waals surface area contributed by atoms with Gasteiger partial charge >= 0.3 is 0 Å². The third-order valence-electron chi connectivity index (χ3n) is 4.55. The molecule has 25 heavy (non-hydrogen) atoms. The lowest BCUT2D eigenvalue weighted by Gasteiger charge is -2.34. The summed E-state index contributed by atoms with van der Waals surface area (Å²) in [4.78, 5) is 0.259. The van der Waals surface area contributed by atoms with Crippen molar-refractivity contribution < 1.29 is 21.9 Å². The van der Waals surface area contributed by atoms with Crippen LogP contribution >= 0.6 is 0 Å². The lowest BCUT2D eigenvalue weighted by Crippen LogP contribution is -2.43. The fourth-order valence-corrected chi connectivity index (χ4v) is 4.83. The van der Waals surface area contributed by atoms with Crippen LogP contribution in [0.3, 0.4) is 0 Å². The van der Waals surface area contributed by atoms with E-state index < -0.39 is 22.0 Å². The van der Waals surface area contributed by atoms with Crippen LogP contribution in [-0.4, -0.2) is 24.7 Å². The van der Waals surface area contributed by atoms with Crippen LogP contribution in [0.15, 0.2) is 53.4 Å². The van der Waals surface area contributed by atoms with E-state index >= 15 is 0 Å². The van der Waals surface area contributed by atoms with Gasteiger partial charge in [-0.15, -0.1) is 0 Å². The number of halogens is 2. The monoisotopic (exact) mass is 365 g/mol. The number of nitrogens with zero attached hydrogens (tertiary/aromatic N) is 1. The van der Waals surface area contributed by atoms with Crippen LogP contribution in [0.4, 0.5) is 8.78 Å². The zero-order valence-corrected chi connectivity index (χ0v) is 14.2. The largest absolute Gasteiger partial charge is 0.490 e. The number of benzene rings is 2. The van der Waals surface area contributed by atoms with Crippen molar-refractivity contribution >= 4 is 10.0 Å². The van der Waals surface area contributed by atoms with E-state index in [9.17, 15) is 17.2 Å². The van der Waals surface area contributed by atoms with Gasteiger partial charge in [-0.2, -0.15) is 4.31 Å². The van der Waals surface area contributed by atoms with Crippen LogP contribution in [0.5, 0.6) is 5.75 Å². The van der Waals surface area contributed by atoms with E-state index in [2.05, 4.69) is 0 Å². The Labute approximate surface area is 145 Å². The van der Waals surface area contributed by atoms with E-state index in [0.717, 1.165) is 5.56 Å². The first kappa shape index (κ1) is 16.5. The molecule has 0 N–H and O–H groups in total. The van der Waals surface area contributed by atoms with E-state index in [4.69, 9.17) is 4.74 Å². The summed E-state index contributed by atoms with van der Waals surface area (Å²) >= 11 is 0. The van der Waals surface area contributed by atoms with Crippen LogP contribution in [0.2, 0.25) is 0 Å². The van der Waals surface area contributed by atoms with Crippen molar-refractivity contribution in [3.8, 4) is 5.75 Å². The average Bonchev–Trinajstić information content (AvgIpc) is 2.77. The topological polar surface area (TPSA) is 46.6 Å². The summed E-state index contributed by atoms with van der Waals surface area (Å²) in [6.45, 7) is 0.549. The van der Waals surface area contributed by atoms with Gasteiger partial charge in [-0.05, 0) is 29.3 Å². The summed E-state index contributed by atoms with van der Waals surface area (Å²) < 4.78 is 58.1. The van der Waals surface area contributed by atoms with E-state index in [1.165, 1.54) is 10.4 Å². The Bertz CT molecular complexity index is 892. The highest BCUT2D eigenvalue weighted by atomic mass is 32.2. The van der Waals surface area contributed by atoms with Gasteiger partial charge in [-0.1, -0.05) is 30.3 Å². The van der Waals surface area contributed by atoms with E-state index in [0.29, 0.717) is 17.9 Å². The van der Waals surface area contributed by atoms with Crippen molar-refractivity contribution in [1.82, 2.24) is 4.31 Å². The van der Waals surface area contributed by atoms with Gasteiger partial charge in [-0.25, -0.2) is 17.2 Å². The van der Waals surface area contributed by atoms with Crippen LogP contribution < -0.4 is 4.74 Å². The smallest absolute Gasteiger partial charge is 0.255 e. The predicted octanol–water partition coefficient (Wildman–Crippen LogP) is 3.57. The normalized spacial score (nSPS) is 21.5. The van der Waals surface area contributed by atoms with Gasteiger partial charge in [0.25, 0.3) is 5.92 Å². The fraction of sp³-hybridized carbons (Fsp3) is 0.333. The SMILES string of the molecule is O=S1(=O)c2ccc(OC3CC(F)(F)C3)cc2CN1Cc1ccccc1. The third kappa shape index (κ3) is 3.14. The quantitative estimate of drug-likeness (QED) is 0.832. The Kier molecular flexibility index (Phi) is 3.81. The molecule has 0 radical (unpaired) electrons. The second-order valence-electron chi connectivity index (χ2n) is 6.53. The molecule has 0 amide bonds. The van der Waals surface area contributed by atoms with Gasteiger partial charge in [0.1, 0.15) is 11.9 Å². The maximum absolute atomic E-state index is 12.9. The molecule has 1 heterocycles. The summed E-state index contributed by atoms with van der Waals surface area (Å²) in [7, 11) is -3.54.